The summed E-state index contributed by atoms with van der Waals surface area (Å²) in [5, 5.41) is 11.7. The molecule has 0 saturated carbocycles. The highest BCUT2D eigenvalue weighted by Crippen LogP contribution is 2.29. The fraction of sp³-hybridized carbons (Fsp3) is 0.467. The number of hydrogen-bond acceptors (Lipinski definition) is 5. The lowest BCUT2D eigenvalue weighted by molar-refractivity contribution is -0.143. The van der Waals surface area contributed by atoms with Crippen LogP contribution in [0, 0.1) is 6.92 Å². The molecule has 24 heavy (non-hydrogen) atoms. The molecule has 0 bridgehead atoms. The second kappa shape index (κ2) is 8.46. The molecule has 0 radical (unpaired) electrons. The number of amides is 1. The molecule has 0 aliphatic rings. The Bertz CT molecular complexity index is 690. The van der Waals surface area contributed by atoms with Crippen LogP contribution in [0.25, 0.3) is 0 Å². The number of carbonyl (C=O) groups excluding carboxylic acids is 1. The van der Waals surface area contributed by atoms with E-state index >= 15 is 0 Å². The van der Waals surface area contributed by atoms with E-state index in [2.05, 4.69) is 5.32 Å². The first-order chi connectivity index (χ1) is 11.2. The number of nitrogens with two attached hydrogens (primary N) is 1. The van der Waals surface area contributed by atoms with Crippen LogP contribution in [-0.2, 0) is 19.4 Å². The van der Waals surface area contributed by atoms with E-state index in [1.54, 1.807) is 19.1 Å². The van der Waals surface area contributed by atoms with Crippen LogP contribution in [0.5, 0.6) is 0 Å². The van der Waals surface area contributed by atoms with Gasteiger partial charge in [-0.2, -0.15) is 0 Å². The van der Waals surface area contributed by atoms with E-state index in [-0.39, 0.29) is 24.3 Å². The molecule has 0 fully saturated rings. The minimum absolute atomic E-state index is 0.182. The number of hydrogen-bond donors (Lipinski definition) is 3. The molecule has 0 aliphatic heterocycles. The van der Waals surface area contributed by atoms with Crippen molar-refractivity contribution in [3.05, 3.63) is 29.8 Å². The van der Waals surface area contributed by atoms with E-state index in [0.717, 1.165) is 5.56 Å². The fourth-order valence-electron chi connectivity index (χ4n) is 2.23. The summed E-state index contributed by atoms with van der Waals surface area (Å²) in [5.74, 6) is -3.07. The third kappa shape index (κ3) is 4.25. The molecule has 7 nitrogen and oxygen atoms in total. The predicted octanol–water partition coefficient (Wildman–Crippen LogP) is 1.03. The van der Waals surface area contributed by atoms with E-state index in [9.17, 15) is 23.1 Å². The first kappa shape index (κ1) is 20.4. The Morgan fingerprint density at radius 3 is 2.29 bits per heavy atom. The van der Waals surface area contributed by atoms with Gasteiger partial charge in [-0.15, -0.1) is 11.6 Å². The summed E-state index contributed by atoms with van der Waals surface area (Å²) in [5.41, 5.74) is 6.21. The normalized spacial score (nSPS) is 14.0. The molecule has 9 heteroatoms. The zero-order chi connectivity index (χ0) is 18.4. The van der Waals surface area contributed by atoms with Crippen LogP contribution in [0.15, 0.2) is 29.2 Å². The lowest BCUT2D eigenvalue weighted by atomic mass is 10.1. The summed E-state index contributed by atoms with van der Waals surface area (Å²) in [6, 6.07) is 5.75. The van der Waals surface area contributed by atoms with Gasteiger partial charge in [0.2, 0.25) is 20.6 Å². The average Bonchev–Trinajstić information content (AvgIpc) is 2.53. The molecular weight excluding hydrogens is 356 g/mol. The van der Waals surface area contributed by atoms with E-state index in [0.29, 0.717) is 6.42 Å². The topological polar surface area (TPSA) is 127 Å². The third-order valence-corrected chi connectivity index (χ3v) is 6.11. The number of benzene rings is 1. The number of nitrogens with one attached hydrogen (secondary N) is 1. The van der Waals surface area contributed by atoms with Gasteiger partial charge in [-0.05, 0) is 44.9 Å². The van der Waals surface area contributed by atoms with Crippen molar-refractivity contribution in [2.24, 2.45) is 5.73 Å². The highest BCUT2D eigenvalue weighted by atomic mass is 35.5. The van der Waals surface area contributed by atoms with Gasteiger partial charge >= 0.3 is 5.97 Å². The zero-order valence-corrected chi connectivity index (χ0v) is 14.9. The summed E-state index contributed by atoms with van der Waals surface area (Å²) in [6.07, 6.45) is 0.337. The molecule has 0 aromatic heterocycles. The number of sulfone groups is 1. The van der Waals surface area contributed by atoms with Crippen LogP contribution < -0.4 is 11.1 Å². The summed E-state index contributed by atoms with van der Waals surface area (Å²) in [6.45, 7) is 2.06. The maximum absolute atomic E-state index is 13.0. The number of aryl methyl sites for hydroxylation is 1. The van der Waals surface area contributed by atoms with E-state index in [4.69, 9.17) is 17.3 Å². The summed E-state index contributed by atoms with van der Waals surface area (Å²) < 4.78 is 26.0. The Labute approximate surface area is 146 Å². The van der Waals surface area contributed by atoms with E-state index in [1.807, 2.05) is 0 Å². The molecule has 0 aliphatic carbocycles. The van der Waals surface area contributed by atoms with E-state index < -0.39 is 32.5 Å². The Morgan fingerprint density at radius 1 is 1.25 bits per heavy atom. The average molecular weight is 377 g/mol. The van der Waals surface area contributed by atoms with Crippen molar-refractivity contribution in [3.8, 4) is 0 Å². The van der Waals surface area contributed by atoms with Gasteiger partial charge in [0.05, 0.1) is 4.90 Å². The largest absolute Gasteiger partial charge is 0.479 e. The SMILES string of the molecule is Cc1ccc(S(=O)(=O)[C@@](CCCCN)(NC(=O)CCl)C(=O)O)cc1. The first-order valence-electron chi connectivity index (χ1n) is 7.33. The predicted molar refractivity (Wildman–Crippen MR) is 90.5 cm³/mol. The first-order valence-corrected chi connectivity index (χ1v) is 9.35. The van der Waals surface area contributed by atoms with Crippen molar-refractivity contribution in [2.45, 2.75) is 36.0 Å². The molecule has 1 aromatic rings. The molecule has 134 valence electrons. The lowest BCUT2D eigenvalue weighted by Crippen LogP contribution is -2.60. The number of halogens is 1. The van der Waals surface area contributed by atoms with Crippen LogP contribution >= 0.6 is 11.6 Å². The highest BCUT2D eigenvalue weighted by molar-refractivity contribution is 7.93. The van der Waals surface area contributed by atoms with Crippen molar-refractivity contribution < 1.29 is 23.1 Å². The molecule has 1 amide bonds. The molecule has 0 unspecified atom stereocenters. The summed E-state index contributed by atoms with van der Waals surface area (Å²) >= 11 is 5.42. The Kier molecular flexibility index (Phi) is 7.19. The van der Waals surface area contributed by atoms with Gasteiger partial charge in [-0.3, -0.25) is 4.79 Å². The molecule has 1 atom stereocenters. The van der Waals surface area contributed by atoms with Gasteiger partial charge in [-0.1, -0.05) is 17.7 Å². The smallest absolute Gasteiger partial charge is 0.345 e. The van der Waals surface area contributed by atoms with Gasteiger partial charge in [-0.25, -0.2) is 13.2 Å². The molecular formula is C15H21ClN2O5S. The van der Waals surface area contributed by atoms with E-state index in [1.165, 1.54) is 12.1 Å². The number of rotatable bonds is 9. The Balaban J connectivity index is 3.43. The third-order valence-electron chi connectivity index (χ3n) is 3.58. The molecule has 1 rings (SSSR count). The van der Waals surface area contributed by atoms with Crippen LogP contribution in [-0.4, -0.2) is 42.7 Å². The number of carboxylic acid groups (broad SMARTS) is 1. The fourth-order valence-corrected chi connectivity index (χ4v) is 4.09. The maximum Gasteiger partial charge on any atom is 0.345 e. The van der Waals surface area contributed by atoms with Gasteiger partial charge in [0.15, 0.2) is 0 Å². The second-order valence-electron chi connectivity index (χ2n) is 5.38. The van der Waals surface area contributed by atoms with Crippen molar-refractivity contribution in [1.82, 2.24) is 5.32 Å². The molecule has 0 spiro atoms. The minimum atomic E-state index is -4.40. The molecule has 4 N–H and O–H groups in total. The number of carboxylic acids is 1. The summed E-state index contributed by atoms with van der Waals surface area (Å²) in [7, 11) is -4.40. The summed E-state index contributed by atoms with van der Waals surface area (Å²) in [4.78, 5) is 20.9. The quantitative estimate of drug-likeness (QED) is 0.436. The zero-order valence-electron chi connectivity index (χ0n) is 13.3. The van der Waals surface area contributed by atoms with Crippen molar-refractivity contribution >= 4 is 33.3 Å². The molecule has 0 heterocycles. The Hall–Kier alpha value is -1.64. The standard InChI is InChI=1S/C15H21ClN2O5S/c1-11-4-6-12(7-5-11)24(22,23)15(14(20)21,8-2-3-9-17)18-13(19)10-16/h4-7H,2-3,8-10,17H2,1H3,(H,18,19)(H,20,21)/t15-/m1/s1. The van der Waals surface area contributed by atoms with Crippen molar-refractivity contribution in [3.63, 3.8) is 0 Å². The van der Waals surface area contributed by atoms with Crippen molar-refractivity contribution in [1.29, 1.82) is 0 Å². The van der Waals surface area contributed by atoms with Crippen LogP contribution in [0.3, 0.4) is 0 Å². The second-order valence-corrected chi connectivity index (χ2v) is 7.82. The van der Waals surface area contributed by atoms with Gasteiger partial charge in [0.1, 0.15) is 5.88 Å². The number of aliphatic carboxylic acids is 1. The number of alkyl halides is 1. The van der Waals surface area contributed by atoms with Crippen LogP contribution in [0.4, 0.5) is 0 Å². The van der Waals surface area contributed by atoms with Crippen LogP contribution in [0.2, 0.25) is 0 Å². The molecule has 0 saturated heterocycles. The maximum atomic E-state index is 13.0. The van der Waals surface area contributed by atoms with Crippen molar-refractivity contribution in [2.75, 3.05) is 12.4 Å². The Morgan fingerprint density at radius 2 is 1.83 bits per heavy atom. The lowest BCUT2D eigenvalue weighted by Gasteiger charge is -2.30. The van der Waals surface area contributed by atoms with Gasteiger partial charge in [0.25, 0.3) is 0 Å². The number of unbranched alkanes of at least 4 members (excludes halogenated alkanes) is 1. The van der Waals surface area contributed by atoms with Crippen LogP contribution in [0.1, 0.15) is 24.8 Å². The van der Waals surface area contributed by atoms with Gasteiger partial charge < -0.3 is 16.2 Å². The van der Waals surface area contributed by atoms with Gasteiger partial charge in [0, 0.05) is 0 Å². The monoisotopic (exact) mass is 376 g/mol. The highest BCUT2D eigenvalue weighted by Gasteiger charge is 2.52. The number of carbonyl (C=O) groups is 2. The molecule has 1 aromatic carbocycles. The minimum Gasteiger partial charge on any atom is -0.479 e.